The quantitative estimate of drug-likeness (QED) is 0.168. The Balaban J connectivity index is 1.18. The third-order valence-corrected chi connectivity index (χ3v) is 12.5. The van der Waals surface area contributed by atoms with Crippen molar-refractivity contribution in [1.82, 2.24) is 20.2 Å². The van der Waals surface area contributed by atoms with E-state index >= 15 is 4.39 Å². The molecule has 4 aliphatic rings. The number of phenols is 1. The molecule has 4 bridgehead atoms. The number of rotatable bonds is 7. The average molecular weight is 693 g/mol. The van der Waals surface area contributed by atoms with Crippen molar-refractivity contribution in [1.29, 1.82) is 4.78 Å². The number of phenolic OH excluding ortho intramolecular Hbond substituents is 1. The molecular weight excluding hydrogens is 658 g/mol. The lowest BCUT2D eigenvalue weighted by Gasteiger charge is -2.35. The Labute approximate surface area is 282 Å². The number of aromatic hydroxyl groups is 1. The lowest BCUT2D eigenvalue weighted by Crippen LogP contribution is -2.51. The first-order chi connectivity index (χ1) is 23.1. The van der Waals surface area contributed by atoms with Crippen LogP contribution < -0.4 is 15.0 Å². The molecule has 0 radical (unpaired) electrons. The highest BCUT2D eigenvalue weighted by Gasteiger charge is 2.41. The molecule has 13 heteroatoms. The predicted octanol–water partition coefficient (Wildman–Crippen LogP) is 5.67. The Kier molecular flexibility index (Phi) is 7.86. The van der Waals surface area contributed by atoms with Gasteiger partial charge in [-0.2, -0.15) is 9.97 Å². The zero-order valence-corrected chi connectivity index (χ0v) is 27.7. The van der Waals surface area contributed by atoms with E-state index in [2.05, 4.69) is 26.0 Å². The molecule has 4 unspecified atom stereocenters. The Morgan fingerprint density at radius 2 is 1.83 bits per heavy atom. The molecule has 3 N–H and O–H groups in total. The van der Waals surface area contributed by atoms with E-state index in [0.29, 0.717) is 47.6 Å². The normalized spacial score (nSPS) is 26.8. The van der Waals surface area contributed by atoms with Gasteiger partial charge in [-0.15, -0.1) is 6.42 Å². The first-order valence-electron chi connectivity index (χ1n) is 16.3. The van der Waals surface area contributed by atoms with Crippen molar-refractivity contribution in [3.63, 3.8) is 0 Å². The highest BCUT2D eigenvalue weighted by molar-refractivity contribution is 7.92. The molecule has 0 spiro atoms. The largest absolute Gasteiger partial charge is 0.508 e. The minimum absolute atomic E-state index is 0.00489. The minimum Gasteiger partial charge on any atom is -0.508 e. The molecule has 5 heterocycles. The fourth-order valence-corrected chi connectivity index (χ4v) is 10.7. The van der Waals surface area contributed by atoms with Crippen LogP contribution in [0.4, 0.5) is 14.6 Å². The molecule has 0 amide bonds. The maximum Gasteiger partial charge on any atom is 0.319 e. The van der Waals surface area contributed by atoms with Crippen LogP contribution in [0.1, 0.15) is 37.7 Å². The van der Waals surface area contributed by atoms with Gasteiger partial charge in [0.25, 0.3) is 0 Å². The molecule has 9 nitrogen and oxygen atoms in total. The van der Waals surface area contributed by atoms with E-state index in [1.807, 2.05) is 0 Å². The summed E-state index contributed by atoms with van der Waals surface area (Å²) in [4.78, 5) is 13.8. The average Bonchev–Trinajstić information content (AvgIpc) is 3.52. The second kappa shape index (κ2) is 12.0. The number of hydrogen-bond acceptors (Lipinski definition) is 9. The van der Waals surface area contributed by atoms with Crippen LogP contribution in [0.3, 0.4) is 0 Å². The number of piperazine rings is 1. The second-order valence-electron chi connectivity index (χ2n) is 13.4. The number of fused-ring (bicyclic) bond motifs is 6. The summed E-state index contributed by atoms with van der Waals surface area (Å²) in [6.07, 6.45) is 10.4. The summed E-state index contributed by atoms with van der Waals surface area (Å²) in [7, 11) is -2.51. The van der Waals surface area contributed by atoms with Gasteiger partial charge < -0.3 is 20.1 Å². The zero-order chi connectivity index (χ0) is 33.3. The van der Waals surface area contributed by atoms with Crippen molar-refractivity contribution >= 4 is 48.8 Å². The summed E-state index contributed by atoms with van der Waals surface area (Å²) in [5.74, 6) is 2.18. The van der Waals surface area contributed by atoms with Crippen LogP contribution in [0, 0.1) is 28.8 Å². The number of nitrogens with one attached hydrogen (secondary N) is 2. The van der Waals surface area contributed by atoms with E-state index in [1.54, 1.807) is 6.07 Å². The molecule has 4 aromatic rings. The Bertz CT molecular complexity index is 2090. The second-order valence-corrected chi connectivity index (χ2v) is 16.1. The van der Waals surface area contributed by atoms with Gasteiger partial charge in [0, 0.05) is 81.4 Å². The maximum absolute atomic E-state index is 17.0. The number of hydrogen-bond donors (Lipinski definition) is 3. The summed E-state index contributed by atoms with van der Waals surface area (Å²) < 4.78 is 58.5. The fourth-order valence-electron chi connectivity index (χ4n) is 8.28. The first-order valence-corrected chi connectivity index (χ1v) is 18.6. The molecule has 250 valence electrons. The Morgan fingerprint density at radius 3 is 2.54 bits per heavy atom. The fraction of sp³-hybridized carbons (Fsp3) is 0.429. The van der Waals surface area contributed by atoms with E-state index in [1.165, 1.54) is 24.3 Å². The SMILES string of the molecule is C#Cc1c(F)ccc2cc(O)cc(-c3c(Cl)cc4c(N5CC6CCC(C5)N6)nc(OCCCN5C6CCC5CS(=N)(=O)C6)nc4c3F)c12. The first kappa shape index (κ1) is 31.5. The third kappa shape index (κ3) is 5.50. The van der Waals surface area contributed by atoms with Gasteiger partial charge in [-0.1, -0.05) is 23.6 Å². The summed E-state index contributed by atoms with van der Waals surface area (Å²) in [5.41, 5.74) is 0.0239. The van der Waals surface area contributed by atoms with Crippen LogP contribution in [0.25, 0.3) is 32.8 Å². The molecular formula is C35H35ClF2N6O3S. The van der Waals surface area contributed by atoms with E-state index in [9.17, 15) is 13.7 Å². The topological polar surface area (TPSA) is 115 Å². The molecule has 4 aliphatic heterocycles. The molecule has 0 saturated carbocycles. The smallest absolute Gasteiger partial charge is 0.319 e. The van der Waals surface area contributed by atoms with Gasteiger partial charge in [0.1, 0.15) is 22.9 Å². The Hall–Kier alpha value is -3.76. The molecule has 0 aliphatic carbocycles. The predicted molar refractivity (Wildman–Crippen MR) is 183 cm³/mol. The molecule has 4 fully saturated rings. The highest BCUT2D eigenvalue weighted by atomic mass is 35.5. The molecule has 3 aromatic carbocycles. The number of benzene rings is 3. The summed E-state index contributed by atoms with van der Waals surface area (Å²) in [6.45, 7) is 2.39. The van der Waals surface area contributed by atoms with Crippen molar-refractivity contribution in [2.75, 3.05) is 42.6 Å². The van der Waals surface area contributed by atoms with Crippen LogP contribution in [0.2, 0.25) is 5.02 Å². The molecule has 4 atom stereocenters. The van der Waals surface area contributed by atoms with Crippen LogP contribution in [-0.4, -0.2) is 86.1 Å². The van der Waals surface area contributed by atoms with Gasteiger partial charge in [-0.05, 0) is 67.3 Å². The Morgan fingerprint density at radius 1 is 1.10 bits per heavy atom. The van der Waals surface area contributed by atoms with Crippen LogP contribution in [0.15, 0.2) is 30.3 Å². The van der Waals surface area contributed by atoms with E-state index in [-0.39, 0.29) is 75.2 Å². The lowest BCUT2D eigenvalue weighted by atomic mass is 9.93. The number of nitrogens with zero attached hydrogens (tertiary/aromatic N) is 4. The monoisotopic (exact) mass is 692 g/mol. The molecule has 48 heavy (non-hydrogen) atoms. The summed E-state index contributed by atoms with van der Waals surface area (Å²) >= 11 is 6.85. The van der Waals surface area contributed by atoms with E-state index in [0.717, 1.165) is 32.2 Å². The van der Waals surface area contributed by atoms with Crippen molar-refractivity contribution in [3.05, 3.63) is 52.6 Å². The standard InChI is InChI=1S/C35H35ClF2N6O3S/c1-2-25-29(37)9-4-19-12-24(45)13-26(30(19)25)31-28(36)14-27-33(32(31)38)41-35(42-34(27)43-15-20-5-6-21(16-43)40-20)47-11-3-10-44-22-7-8-23(44)18-48(39,46)17-22/h1,4,9,12-14,20-23,39-40,45H,3,5-8,10-11,15-18H2. The van der Waals surface area contributed by atoms with Crippen molar-refractivity contribution in [2.24, 2.45) is 0 Å². The zero-order valence-electron chi connectivity index (χ0n) is 26.1. The van der Waals surface area contributed by atoms with Crippen molar-refractivity contribution in [3.8, 4) is 35.2 Å². The van der Waals surface area contributed by atoms with E-state index < -0.39 is 21.4 Å². The van der Waals surface area contributed by atoms with Crippen LogP contribution >= 0.6 is 11.6 Å². The van der Waals surface area contributed by atoms with Crippen LogP contribution in [0.5, 0.6) is 11.8 Å². The number of terminal acetylenes is 1. The van der Waals surface area contributed by atoms with Gasteiger partial charge in [0.15, 0.2) is 5.82 Å². The minimum atomic E-state index is -2.51. The van der Waals surface area contributed by atoms with Gasteiger partial charge in [-0.3, -0.25) is 9.68 Å². The summed E-state index contributed by atoms with van der Waals surface area (Å²) in [5, 5.41) is 15.4. The highest BCUT2D eigenvalue weighted by Crippen LogP contribution is 2.44. The van der Waals surface area contributed by atoms with E-state index in [4.69, 9.17) is 32.5 Å². The van der Waals surface area contributed by atoms with Gasteiger partial charge >= 0.3 is 6.01 Å². The third-order valence-electron chi connectivity index (χ3n) is 10.3. The number of ether oxygens (including phenoxy) is 1. The van der Waals surface area contributed by atoms with Gasteiger partial charge in [0.2, 0.25) is 0 Å². The van der Waals surface area contributed by atoms with Crippen LogP contribution in [-0.2, 0) is 9.73 Å². The van der Waals surface area contributed by atoms with Crippen molar-refractivity contribution < 1.29 is 22.8 Å². The number of halogens is 3. The molecule has 8 rings (SSSR count). The summed E-state index contributed by atoms with van der Waals surface area (Å²) in [6, 6.07) is 8.01. The number of aromatic nitrogens is 2. The van der Waals surface area contributed by atoms with Gasteiger partial charge in [-0.25, -0.2) is 13.0 Å². The van der Waals surface area contributed by atoms with Crippen molar-refractivity contribution in [2.45, 2.75) is 56.3 Å². The molecule has 4 saturated heterocycles. The molecule has 1 aromatic heterocycles. The lowest BCUT2D eigenvalue weighted by molar-refractivity contribution is 0.185. The maximum atomic E-state index is 17.0. The van der Waals surface area contributed by atoms with Gasteiger partial charge in [0.05, 0.1) is 17.2 Å². The number of anilines is 1.